The SMILES string of the molecule is CCCCCCCCCc1ccc(CCCCCC(=O)O)cc1Sc1ccccc1NC. The van der Waals surface area contributed by atoms with Gasteiger partial charge in [0.25, 0.3) is 0 Å². The molecule has 0 spiro atoms. The lowest BCUT2D eigenvalue weighted by Gasteiger charge is -2.14. The fraction of sp³-hybridized carbons (Fsp3) is 0.536. The topological polar surface area (TPSA) is 49.3 Å². The highest BCUT2D eigenvalue weighted by molar-refractivity contribution is 7.99. The van der Waals surface area contributed by atoms with E-state index in [1.54, 1.807) is 0 Å². The largest absolute Gasteiger partial charge is 0.481 e. The fourth-order valence-electron chi connectivity index (χ4n) is 3.99. The van der Waals surface area contributed by atoms with E-state index in [1.165, 1.54) is 71.6 Å². The Kier molecular flexibility index (Phi) is 13.0. The second-order valence-corrected chi connectivity index (χ2v) is 9.70. The number of nitrogens with one attached hydrogen (secondary N) is 1. The Bertz CT molecular complexity index is 806. The van der Waals surface area contributed by atoms with Crippen LogP contribution in [0.5, 0.6) is 0 Å². The number of aryl methyl sites for hydroxylation is 2. The standard InChI is InChI=1S/C28H41NO2S/c1-3-4-5-6-7-8-11-16-24-21-20-23(15-10-9-12-19-28(30)31)22-27(24)32-26-18-14-13-17-25(26)29-2/h13-14,17-18,20-22,29H,3-12,15-16,19H2,1-2H3,(H,30,31). The van der Waals surface area contributed by atoms with Gasteiger partial charge in [-0.25, -0.2) is 0 Å². The van der Waals surface area contributed by atoms with Gasteiger partial charge in [-0.2, -0.15) is 0 Å². The van der Waals surface area contributed by atoms with E-state index < -0.39 is 5.97 Å². The molecule has 0 saturated carbocycles. The van der Waals surface area contributed by atoms with Crippen molar-refractivity contribution >= 4 is 23.4 Å². The van der Waals surface area contributed by atoms with Crippen molar-refractivity contribution in [2.75, 3.05) is 12.4 Å². The quantitative estimate of drug-likeness (QED) is 0.235. The minimum atomic E-state index is -0.693. The van der Waals surface area contributed by atoms with Crippen molar-refractivity contribution in [3.8, 4) is 0 Å². The van der Waals surface area contributed by atoms with Crippen LogP contribution < -0.4 is 5.32 Å². The molecule has 2 N–H and O–H groups in total. The minimum absolute atomic E-state index is 0.277. The molecule has 2 aromatic rings. The van der Waals surface area contributed by atoms with Crippen molar-refractivity contribution in [3.05, 3.63) is 53.6 Å². The molecule has 4 heteroatoms. The lowest BCUT2D eigenvalue weighted by atomic mass is 10.0. The Morgan fingerprint density at radius 2 is 1.53 bits per heavy atom. The van der Waals surface area contributed by atoms with Gasteiger partial charge in [-0.1, -0.05) is 87.9 Å². The molecule has 0 aliphatic heterocycles. The Labute approximate surface area is 199 Å². The van der Waals surface area contributed by atoms with Gasteiger partial charge < -0.3 is 10.4 Å². The second-order valence-electron chi connectivity index (χ2n) is 8.62. The molecular weight excluding hydrogens is 414 g/mol. The molecule has 0 amide bonds. The summed E-state index contributed by atoms with van der Waals surface area (Å²) in [4.78, 5) is 13.3. The molecule has 32 heavy (non-hydrogen) atoms. The predicted octanol–water partition coefficient (Wildman–Crippen LogP) is 8.36. The van der Waals surface area contributed by atoms with Gasteiger partial charge in [-0.05, 0) is 61.4 Å². The highest BCUT2D eigenvalue weighted by Crippen LogP contribution is 2.36. The van der Waals surface area contributed by atoms with Crippen LogP contribution in [-0.4, -0.2) is 18.1 Å². The molecule has 0 atom stereocenters. The molecule has 0 fully saturated rings. The molecule has 2 aromatic carbocycles. The van der Waals surface area contributed by atoms with E-state index in [9.17, 15) is 4.79 Å². The number of hydrogen-bond donors (Lipinski definition) is 2. The van der Waals surface area contributed by atoms with E-state index in [1.807, 2.05) is 18.8 Å². The maximum atomic E-state index is 10.7. The van der Waals surface area contributed by atoms with Crippen molar-refractivity contribution < 1.29 is 9.90 Å². The van der Waals surface area contributed by atoms with Gasteiger partial charge in [0.2, 0.25) is 0 Å². The van der Waals surface area contributed by atoms with Gasteiger partial charge in [-0.15, -0.1) is 0 Å². The van der Waals surface area contributed by atoms with E-state index in [2.05, 4.69) is 54.7 Å². The maximum Gasteiger partial charge on any atom is 0.303 e. The molecule has 0 radical (unpaired) electrons. The number of carboxylic acids is 1. The summed E-state index contributed by atoms with van der Waals surface area (Å²) in [5.74, 6) is -0.693. The van der Waals surface area contributed by atoms with Crippen LogP contribution in [-0.2, 0) is 17.6 Å². The summed E-state index contributed by atoms with van der Waals surface area (Å²) in [5.41, 5.74) is 3.97. The third-order valence-corrected chi connectivity index (χ3v) is 7.09. The fourth-order valence-corrected chi connectivity index (χ4v) is 5.17. The summed E-state index contributed by atoms with van der Waals surface area (Å²) < 4.78 is 0. The average molecular weight is 456 g/mol. The van der Waals surface area contributed by atoms with Gasteiger partial charge in [0.1, 0.15) is 0 Å². The van der Waals surface area contributed by atoms with Gasteiger partial charge in [0, 0.05) is 28.9 Å². The molecule has 0 aromatic heterocycles. The molecule has 2 rings (SSSR count). The number of anilines is 1. The number of aliphatic carboxylic acids is 1. The first-order valence-corrected chi connectivity index (χ1v) is 13.2. The zero-order valence-electron chi connectivity index (χ0n) is 20.0. The molecule has 0 unspecified atom stereocenters. The molecular formula is C28H41NO2S. The van der Waals surface area contributed by atoms with Crippen LogP contribution in [0.4, 0.5) is 5.69 Å². The molecule has 0 aliphatic rings. The number of hydrogen-bond acceptors (Lipinski definition) is 3. The van der Waals surface area contributed by atoms with E-state index in [-0.39, 0.29) is 6.42 Å². The molecule has 0 saturated heterocycles. The first-order chi connectivity index (χ1) is 15.6. The Balaban J connectivity index is 2.00. The highest BCUT2D eigenvalue weighted by Gasteiger charge is 2.09. The van der Waals surface area contributed by atoms with Crippen molar-refractivity contribution in [1.82, 2.24) is 0 Å². The van der Waals surface area contributed by atoms with Crippen LogP contribution in [0.15, 0.2) is 52.3 Å². The van der Waals surface area contributed by atoms with Crippen LogP contribution >= 0.6 is 11.8 Å². The van der Waals surface area contributed by atoms with E-state index in [0.29, 0.717) is 0 Å². The number of carbonyl (C=O) groups is 1. The minimum Gasteiger partial charge on any atom is -0.481 e. The zero-order chi connectivity index (χ0) is 23.0. The lowest BCUT2D eigenvalue weighted by molar-refractivity contribution is -0.137. The highest BCUT2D eigenvalue weighted by atomic mass is 32.2. The average Bonchev–Trinajstić information content (AvgIpc) is 2.79. The Hall–Kier alpha value is -1.94. The summed E-state index contributed by atoms with van der Waals surface area (Å²) >= 11 is 1.86. The Morgan fingerprint density at radius 1 is 0.844 bits per heavy atom. The van der Waals surface area contributed by atoms with E-state index in [4.69, 9.17) is 5.11 Å². The predicted molar refractivity (Wildman–Crippen MR) is 138 cm³/mol. The van der Waals surface area contributed by atoms with Crippen LogP contribution in [0.1, 0.15) is 88.7 Å². The van der Waals surface area contributed by atoms with E-state index >= 15 is 0 Å². The van der Waals surface area contributed by atoms with Gasteiger partial charge in [0.15, 0.2) is 0 Å². The summed E-state index contributed by atoms with van der Waals surface area (Å²) in [5, 5.41) is 12.1. The summed E-state index contributed by atoms with van der Waals surface area (Å²) in [6.45, 7) is 2.27. The third kappa shape index (κ3) is 10.1. The van der Waals surface area contributed by atoms with Crippen LogP contribution in [0.25, 0.3) is 0 Å². The maximum absolute atomic E-state index is 10.7. The van der Waals surface area contributed by atoms with Crippen LogP contribution in [0, 0.1) is 0 Å². The second kappa shape index (κ2) is 15.8. The molecule has 0 aliphatic carbocycles. The summed E-state index contributed by atoms with van der Waals surface area (Å²) in [7, 11) is 1.98. The van der Waals surface area contributed by atoms with Gasteiger partial charge in [-0.3, -0.25) is 4.79 Å². The first kappa shape index (κ1) is 26.3. The van der Waals surface area contributed by atoms with Crippen molar-refractivity contribution in [2.45, 2.75) is 100 Å². The molecule has 0 heterocycles. The zero-order valence-corrected chi connectivity index (χ0v) is 20.8. The van der Waals surface area contributed by atoms with E-state index in [0.717, 1.165) is 32.1 Å². The van der Waals surface area contributed by atoms with Gasteiger partial charge in [0.05, 0.1) is 0 Å². The molecule has 0 bridgehead atoms. The number of rotatable bonds is 17. The molecule has 3 nitrogen and oxygen atoms in total. The lowest BCUT2D eigenvalue weighted by Crippen LogP contribution is -1.96. The van der Waals surface area contributed by atoms with Crippen LogP contribution in [0.3, 0.4) is 0 Å². The Morgan fingerprint density at radius 3 is 2.28 bits per heavy atom. The monoisotopic (exact) mass is 455 g/mol. The number of unbranched alkanes of at least 4 members (excludes halogenated alkanes) is 8. The summed E-state index contributed by atoms with van der Waals surface area (Å²) in [6.07, 6.45) is 14.5. The molecule has 176 valence electrons. The number of benzene rings is 2. The van der Waals surface area contributed by atoms with Crippen LogP contribution in [0.2, 0.25) is 0 Å². The van der Waals surface area contributed by atoms with Gasteiger partial charge >= 0.3 is 5.97 Å². The third-order valence-electron chi connectivity index (χ3n) is 5.91. The smallest absolute Gasteiger partial charge is 0.303 e. The number of para-hydroxylation sites is 1. The van der Waals surface area contributed by atoms with Crippen molar-refractivity contribution in [3.63, 3.8) is 0 Å². The van der Waals surface area contributed by atoms with Crippen molar-refractivity contribution in [1.29, 1.82) is 0 Å². The normalized spacial score (nSPS) is 10.9. The number of carboxylic acid groups (broad SMARTS) is 1. The summed E-state index contributed by atoms with van der Waals surface area (Å²) in [6, 6.07) is 15.5. The first-order valence-electron chi connectivity index (χ1n) is 12.4. The van der Waals surface area contributed by atoms with Crippen molar-refractivity contribution in [2.24, 2.45) is 0 Å².